The smallest absolute Gasteiger partial charge is 0.0536 e. The number of hydrogen-bond acceptors (Lipinski definition) is 2. The predicted molar refractivity (Wildman–Crippen MR) is 54.6 cm³/mol. The fourth-order valence-electron chi connectivity index (χ4n) is 1.42. The summed E-state index contributed by atoms with van der Waals surface area (Å²) in [6.45, 7) is 8.86. The normalized spacial score (nSPS) is 11.0. The standard InChI is InChI=1S/C10H19N3/c1-3-7-12(4-2)9-10-13-8-5-6-11-13/h5-6,8H,3-4,7,9-10H2,1-2H3. The van der Waals surface area contributed by atoms with Crippen LogP contribution in [0.4, 0.5) is 0 Å². The lowest BCUT2D eigenvalue weighted by atomic mass is 10.4. The maximum atomic E-state index is 4.17. The summed E-state index contributed by atoms with van der Waals surface area (Å²) in [6.07, 6.45) is 5.07. The van der Waals surface area contributed by atoms with Gasteiger partial charge in [0.05, 0.1) is 6.54 Å². The molecule has 0 spiro atoms. The van der Waals surface area contributed by atoms with E-state index in [-0.39, 0.29) is 0 Å². The molecule has 0 radical (unpaired) electrons. The highest BCUT2D eigenvalue weighted by Crippen LogP contribution is 1.92. The van der Waals surface area contributed by atoms with Crippen LogP contribution in [0.2, 0.25) is 0 Å². The van der Waals surface area contributed by atoms with Crippen molar-refractivity contribution in [2.24, 2.45) is 0 Å². The lowest BCUT2D eigenvalue weighted by Gasteiger charge is -2.18. The van der Waals surface area contributed by atoms with Crippen molar-refractivity contribution in [3.05, 3.63) is 18.5 Å². The van der Waals surface area contributed by atoms with Gasteiger partial charge in [-0.1, -0.05) is 13.8 Å². The summed E-state index contributed by atoms with van der Waals surface area (Å²) >= 11 is 0. The first-order chi connectivity index (χ1) is 6.36. The highest BCUT2D eigenvalue weighted by atomic mass is 15.3. The Balaban J connectivity index is 2.23. The molecule has 1 heterocycles. The average Bonchev–Trinajstić information content (AvgIpc) is 2.64. The molecular formula is C10H19N3. The van der Waals surface area contributed by atoms with E-state index in [1.54, 1.807) is 0 Å². The van der Waals surface area contributed by atoms with Crippen LogP contribution in [-0.4, -0.2) is 34.3 Å². The van der Waals surface area contributed by atoms with E-state index in [0.29, 0.717) is 0 Å². The number of likely N-dealkylation sites (N-methyl/N-ethyl adjacent to an activating group) is 1. The number of aromatic nitrogens is 2. The van der Waals surface area contributed by atoms with E-state index in [2.05, 4.69) is 23.8 Å². The topological polar surface area (TPSA) is 21.1 Å². The zero-order chi connectivity index (χ0) is 9.52. The van der Waals surface area contributed by atoms with Crippen molar-refractivity contribution < 1.29 is 0 Å². The summed E-state index contributed by atoms with van der Waals surface area (Å²) in [6, 6.07) is 1.97. The van der Waals surface area contributed by atoms with E-state index in [4.69, 9.17) is 0 Å². The van der Waals surface area contributed by atoms with Gasteiger partial charge in [0.15, 0.2) is 0 Å². The van der Waals surface area contributed by atoms with Crippen LogP contribution < -0.4 is 0 Å². The number of hydrogen-bond donors (Lipinski definition) is 0. The Labute approximate surface area is 80.4 Å². The summed E-state index contributed by atoms with van der Waals surface area (Å²) in [4.78, 5) is 2.45. The van der Waals surface area contributed by atoms with Crippen LogP contribution in [0.25, 0.3) is 0 Å². The molecular weight excluding hydrogens is 162 g/mol. The third-order valence-corrected chi connectivity index (χ3v) is 2.19. The zero-order valence-corrected chi connectivity index (χ0v) is 8.61. The third-order valence-electron chi connectivity index (χ3n) is 2.19. The molecule has 0 aliphatic carbocycles. The number of rotatable bonds is 6. The fraction of sp³-hybridized carbons (Fsp3) is 0.700. The van der Waals surface area contributed by atoms with Crippen molar-refractivity contribution in [3.8, 4) is 0 Å². The lowest BCUT2D eigenvalue weighted by molar-refractivity contribution is 0.272. The van der Waals surface area contributed by atoms with Crippen LogP contribution in [0, 0.1) is 0 Å². The van der Waals surface area contributed by atoms with E-state index in [0.717, 1.165) is 19.6 Å². The van der Waals surface area contributed by atoms with Gasteiger partial charge in [-0.05, 0) is 25.6 Å². The monoisotopic (exact) mass is 181 g/mol. The SMILES string of the molecule is CCCN(CC)CCn1cccn1. The first-order valence-corrected chi connectivity index (χ1v) is 5.06. The second-order valence-corrected chi connectivity index (χ2v) is 3.20. The molecule has 0 aliphatic heterocycles. The van der Waals surface area contributed by atoms with Crippen molar-refractivity contribution >= 4 is 0 Å². The quantitative estimate of drug-likeness (QED) is 0.665. The maximum absolute atomic E-state index is 4.17. The summed E-state index contributed by atoms with van der Waals surface area (Å²) < 4.78 is 1.98. The Kier molecular flexibility index (Phi) is 4.54. The second kappa shape index (κ2) is 5.75. The Hall–Kier alpha value is -0.830. The average molecular weight is 181 g/mol. The molecule has 0 bridgehead atoms. The highest BCUT2D eigenvalue weighted by Gasteiger charge is 2.00. The van der Waals surface area contributed by atoms with E-state index >= 15 is 0 Å². The Morgan fingerprint density at radius 1 is 1.31 bits per heavy atom. The van der Waals surface area contributed by atoms with Gasteiger partial charge in [-0.25, -0.2) is 0 Å². The molecule has 0 fully saturated rings. The van der Waals surface area contributed by atoms with E-state index < -0.39 is 0 Å². The van der Waals surface area contributed by atoms with Crippen molar-refractivity contribution in [1.82, 2.24) is 14.7 Å². The molecule has 0 aromatic carbocycles. The molecule has 0 unspecified atom stereocenters. The Morgan fingerprint density at radius 2 is 2.15 bits per heavy atom. The maximum Gasteiger partial charge on any atom is 0.0536 e. The summed E-state index contributed by atoms with van der Waals surface area (Å²) in [5.41, 5.74) is 0. The van der Waals surface area contributed by atoms with Gasteiger partial charge in [0.1, 0.15) is 0 Å². The first kappa shape index (κ1) is 10.3. The van der Waals surface area contributed by atoms with Crippen molar-refractivity contribution in [2.45, 2.75) is 26.8 Å². The van der Waals surface area contributed by atoms with Crippen LogP contribution in [0.3, 0.4) is 0 Å². The van der Waals surface area contributed by atoms with Crippen molar-refractivity contribution in [3.63, 3.8) is 0 Å². The van der Waals surface area contributed by atoms with E-state index in [1.807, 2.05) is 23.1 Å². The molecule has 0 saturated carbocycles. The minimum atomic E-state index is 1.00. The van der Waals surface area contributed by atoms with Gasteiger partial charge >= 0.3 is 0 Å². The van der Waals surface area contributed by atoms with Gasteiger partial charge < -0.3 is 4.90 Å². The van der Waals surface area contributed by atoms with Crippen molar-refractivity contribution in [1.29, 1.82) is 0 Å². The molecule has 0 atom stereocenters. The molecule has 1 aromatic heterocycles. The molecule has 0 aliphatic rings. The number of nitrogens with zero attached hydrogens (tertiary/aromatic N) is 3. The highest BCUT2D eigenvalue weighted by molar-refractivity contribution is 4.77. The Bertz CT molecular complexity index is 206. The largest absolute Gasteiger partial charge is 0.302 e. The Morgan fingerprint density at radius 3 is 2.69 bits per heavy atom. The molecule has 0 N–H and O–H groups in total. The van der Waals surface area contributed by atoms with Gasteiger partial charge in [0, 0.05) is 18.9 Å². The lowest BCUT2D eigenvalue weighted by Crippen LogP contribution is -2.28. The van der Waals surface area contributed by atoms with Crippen LogP contribution in [0.5, 0.6) is 0 Å². The van der Waals surface area contributed by atoms with E-state index in [1.165, 1.54) is 13.0 Å². The molecule has 1 aromatic rings. The molecule has 0 amide bonds. The minimum absolute atomic E-state index is 1.00. The van der Waals surface area contributed by atoms with Crippen molar-refractivity contribution in [2.75, 3.05) is 19.6 Å². The van der Waals surface area contributed by atoms with Gasteiger partial charge in [0.25, 0.3) is 0 Å². The zero-order valence-electron chi connectivity index (χ0n) is 8.61. The van der Waals surface area contributed by atoms with Gasteiger partial charge in [-0.15, -0.1) is 0 Å². The minimum Gasteiger partial charge on any atom is -0.302 e. The predicted octanol–water partition coefficient (Wildman–Crippen LogP) is 1.62. The van der Waals surface area contributed by atoms with E-state index in [9.17, 15) is 0 Å². The molecule has 3 heteroatoms. The van der Waals surface area contributed by atoms with Gasteiger partial charge in [0.2, 0.25) is 0 Å². The molecule has 74 valence electrons. The molecule has 13 heavy (non-hydrogen) atoms. The third kappa shape index (κ3) is 3.59. The fourth-order valence-corrected chi connectivity index (χ4v) is 1.42. The van der Waals surface area contributed by atoms with Crippen LogP contribution >= 0.6 is 0 Å². The van der Waals surface area contributed by atoms with Gasteiger partial charge in [-0.2, -0.15) is 5.10 Å². The van der Waals surface area contributed by atoms with Gasteiger partial charge in [-0.3, -0.25) is 4.68 Å². The molecule has 0 saturated heterocycles. The summed E-state index contributed by atoms with van der Waals surface area (Å²) in [5.74, 6) is 0. The van der Waals surface area contributed by atoms with Crippen LogP contribution in [0.1, 0.15) is 20.3 Å². The van der Waals surface area contributed by atoms with Crippen LogP contribution in [-0.2, 0) is 6.54 Å². The molecule has 1 rings (SSSR count). The summed E-state index contributed by atoms with van der Waals surface area (Å²) in [7, 11) is 0. The van der Waals surface area contributed by atoms with Crippen LogP contribution in [0.15, 0.2) is 18.5 Å². The summed E-state index contributed by atoms with van der Waals surface area (Å²) in [5, 5.41) is 4.17. The second-order valence-electron chi connectivity index (χ2n) is 3.20. The first-order valence-electron chi connectivity index (χ1n) is 5.06. The molecule has 3 nitrogen and oxygen atoms in total.